The summed E-state index contributed by atoms with van der Waals surface area (Å²) in [4.78, 5) is 25.0. The van der Waals surface area contributed by atoms with Crippen molar-refractivity contribution in [3.05, 3.63) is 54.1 Å². The zero-order chi connectivity index (χ0) is 17.5. The molecule has 0 atom stereocenters. The Morgan fingerprint density at radius 1 is 1.04 bits per heavy atom. The van der Waals surface area contributed by atoms with Crippen molar-refractivity contribution in [2.24, 2.45) is 10.2 Å². The molecule has 0 saturated carbocycles. The number of hydrogen-bond acceptors (Lipinski definition) is 6. The number of carbonyl (C=O) groups excluding carboxylic acids is 2. The molecule has 0 radical (unpaired) electrons. The molecule has 1 amide bonds. The van der Waals surface area contributed by atoms with Gasteiger partial charge < -0.3 is 14.4 Å². The third-order valence-corrected chi connectivity index (χ3v) is 3.62. The molecule has 0 spiro atoms. The van der Waals surface area contributed by atoms with Crippen LogP contribution in [-0.2, 0) is 4.74 Å². The third kappa shape index (κ3) is 4.48. The highest BCUT2D eigenvalue weighted by molar-refractivity contribution is 5.83. The number of ether oxygens (including phenoxy) is 2. The van der Waals surface area contributed by atoms with Crippen LogP contribution in [0.5, 0.6) is 5.75 Å². The van der Waals surface area contributed by atoms with E-state index in [0.29, 0.717) is 44.0 Å². The fourth-order valence-electron chi connectivity index (χ4n) is 2.30. The molecule has 0 aromatic heterocycles. The maximum Gasteiger partial charge on any atom is 0.415 e. The molecule has 2 aromatic rings. The zero-order valence-electron chi connectivity index (χ0n) is 13.5. The Kier molecular flexibility index (Phi) is 5.48. The molecule has 1 fully saturated rings. The molecule has 1 saturated heterocycles. The minimum absolute atomic E-state index is 0.199. The lowest BCUT2D eigenvalue weighted by Gasteiger charge is -2.26. The number of carbonyl (C=O) groups is 2. The van der Waals surface area contributed by atoms with E-state index in [4.69, 9.17) is 9.47 Å². The molecule has 0 unspecified atom stereocenters. The molecular weight excluding hydrogens is 322 g/mol. The standard InChI is InChI=1S/C18H17N3O4/c22-13-14-12-16(20-19-15-4-2-1-3-5-15)6-7-17(14)25-18(23)21-8-10-24-11-9-21/h1-7,12-13H,8-11H2. The second-order valence-corrected chi connectivity index (χ2v) is 5.34. The largest absolute Gasteiger partial charge is 0.415 e. The number of nitrogens with zero attached hydrogens (tertiary/aromatic N) is 3. The molecule has 0 aliphatic carbocycles. The summed E-state index contributed by atoms with van der Waals surface area (Å²) in [5.74, 6) is 0.199. The fourth-order valence-corrected chi connectivity index (χ4v) is 2.30. The molecule has 7 heteroatoms. The van der Waals surface area contributed by atoms with Crippen LogP contribution in [0.25, 0.3) is 0 Å². The number of rotatable bonds is 4. The minimum atomic E-state index is -0.495. The van der Waals surface area contributed by atoms with Crippen LogP contribution in [0.3, 0.4) is 0 Å². The van der Waals surface area contributed by atoms with Gasteiger partial charge >= 0.3 is 6.09 Å². The molecule has 0 bridgehead atoms. The van der Waals surface area contributed by atoms with Gasteiger partial charge in [0.05, 0.1) is 30.2 Å². The van der Waals surface area contributed by atoms with Crippen molar-refractivity contribution in [2.75, 3.05) is 26.3 Å². The molecule has 2 aromatic carbocycles. The number of amides is 1. The summed E-state index contributed by atoms with van der Waals surface area (Å²) in [5.41, 5.74) is 1.45. The van der Waals surface area contributed by atoms with Crippen LogP contribution < -0.4 is 4.74 Å². The van der Waals surface area contributed by atoms with Gasteiger partial charge in [-0.2, -0.15) is 10.2 Å². The summed E-state index contributed by atoms with van der Waals surface area (Å²) in [6, 6.07) is 14.0. The van der Waals surface area contributed by atoms with E-state index in [1.54, 1.807) is 17.0 Å². The average molecular weight is 339 g/mol. The molecule has 0 N–H and O–H groups in total. The quantitative estimate of drug-likeness (QED) is 0.627. The Balaban J connectivity index is 1.72. The van der Waals surface area contributed by atoms with E-state index < -0.39 is 6.09 Å². The summed E-state index contributed by atoms with van der Waals surface area (Å²) >= 11 is 0. The summed E-state index contributed by atoms with van der Waals surface area (Å²) in [5, 5.41) is 8.19. The van der Waals surface area contributed by atoms with Gasteiger partial charge in [-0.05, 0) is 30.3 Å². The molecule has 128 valence electrons. The monoisotopic (exact) mass is 339 g/mol. The van der Waals surface area contributed by atoms with E-state index in [1.165, 1.54) is 6.07 Å². The number of hydrogen-bond donors (Lipinski definition) is 0. The topological polar surface area (TPSA) is 80.6 Å². The first kappa shape index (κ1) is 16.8. The van der Waals surface area contributed by atoms with Crippen molar-refractivity contribution in [1.82, 2.24) is 4.90 Å². The Morgan fingerprint density at radius 3 is 2.48 bits per heavy atom. The van der Waals surface area contributed by atoms with E-state index in [0.717, 1.165) is 0 Å². The minimum Gasteiger partial charge on any atom is -0.409 e. The van der Waals surface area contributed by atoms with Gasteiger partial charge in [0.25, 0.3) is 0 Å². The van der Waals surface area contributed by atoms with Crippen molar-refractivity contribution >= 4 is 23.8 Å². The van der Waals surface area contributed by atoms with Crippen LogP contribution in [0.15, 0.2) is 58.8 Å². The Bertz CT molecular complexity index is 771. The number of benzene rings is 2. The van der Waals surface area contributed by atoms with Gasteiger partial charge in [0.1, 0.15) is 5.75 Å². The number of morpholine rings is 1. The van der Waals surface area contributed by atoms with Gasteiger partial charge in [0, 0.05) is 13.1 Å². The van der Waals surface area contributed by atoms with Crippen LogP contribution in [-0.4, -0.2) is 43.6 Å². The number of aldehydes is 1. The molecule has 1 aliphatic rings. The summed E-state index contributed by atoms with van der Waals surface area (Å²) in [6.45, 7) is 1.90. The smallest absolute Gasteiger partial charge is 0.409 e. The van der Waals surface area contributed by atoms with Crippen molar-refractivity contribution in [1.29, 1.82) is 0 Å². The van der Waals surface area contributed by atoms with Gasteiger partial charge in [-0.25, -0.2) is 4.79 Å². The lowest BCUT2D eigenvalue weighted by atomic mass is 10.2. The van der Waals surface area contributed by atoms with Crippen molar-refractivity contribution in [3.63, 3.8) is 0 Å². The second kappa shape index (κ2) is 8.16. The molecule has 1 aliphatic heterocycles. The van der Waals surface area contributed by atoms with Gasteiger partial charge in [-0.3, -0.25) is 4.79 Å². The molecule has 1 heterocycles. The van der Waals surface area contributed by atoms with E-state index in [1.807, 2.05) is 30.3 Å². The second-order valence-electron chi connectivity index (χ2n) is 5.34. The van der Waals surface area contributed by atoms with E-state index in [9.17, 15) is 9.59 Å². The first-order chi connectivity index (χ1) is 12.3. The van der Waals surface area contributed by atoms with Crippen LogP contribution in [0.2, 0.25) is 0 Å². The van der Waals surface area contributed by atoms with E-state index in [2.05, 4.69) is 10.2 Å². The van der Waals surface area contributed by atoms with Crippen molar-refractivity contribution in [2.45, 2.75) is 0 Å². The maximum absolute atomic E-state index is 12.1. The molecule has 7 nitrogen and oxygen atoms in total. The van der Waals surface area contributed by atoms with E-state index in [-0.39, 0.29) is 11.3 Å². The number of azo groups is 1. The van der Waals surface area contributed by atoms with Crippen LogP contribution in [0, 0.1) is 0 Å². The highest BCUT2D eigenvalue weighted by Gasteiger charge is 2.20. The third-order valence-electron chi connectivity index (χ3n) is 3.62. The normalized spacial score (nSPS) is 14.5. The first-order valence-electron chi connectivity index (χ1n) is 7.87. The zero-order valence-corrected chi connectivity index (χ0v) is 13.5. The van der Waals surface area contributed by atoms with E-state index >= 15 is 0 Å². The van der Waals surface area contributed by atoms with Gasteiger partial charge in [0.15, 0.2) is 6.29 Å². The van der Waals surface area contributed by atoms with Crippen LogP contribution in [0.1, 0.15) is 10.4 Å². The van der Waals surface area contributed by atoms with Gasteiger partial charge in [-0.15, -0.1) is 0 Å². The highest BCUT2D eigenvalue weighted by Crippen LogP contribution is 2.25. The molecule has 3 rings (SSSR count). The Labute approximate surface area is 144 Å². The summed E-state index contributed by atoms with van der Waals surface area (Å²) < 4.78 is 10.5. The summed E-state index contributed by atoms with van der Waals surface area (Å²) in [6.07, 6.45) is 0.133. The highest BCUT2D eigenvalue weighted by atomic mass is 16.6. The predicted octanol–water partition coefficient (Wildman–Crippen LogP) is 3.75. The Morgan fingerprint density at radius 2 is 1.76 bits per heavy atom. The lowest BCUT2D eigenvalue weighted by Crippen LogP contribution is -2.42. The van der Waals surface area contributed by atoms with Gasteiger partial charge in [-0.1, -0.05) is 18.2 Å². The molecule has 25 heavy (non-hydrogen) atoms. The van der Waals surface area contributed by atoms with Crippen molar-refractivity contribution in [3.8, 4) is 5.75 Å². The Hall–Kier alpha value is -3.06. The lowest BCUT2D eigenvalue weighted by molar-refractivity contribution is 0.0415. The van der Waals surface area contributed by atoms with Crippen molar-refractivity contribution < 1.29 is 19.1 Å². The van der Waals surface area contributed by atoms with Crippen LogP contribution in [0.4, 0.5) is 16.2 Å². The predicted molar refractivity (Wildman–Crippen MR) is 90.9 cm³/mol. The maximum atomic E-state index is 12.1. The van der Waals surface area contributed by atoms with Gasteiger partial charge in [0.2, 0.25) is 0 Å². The summed E-state index contributed by atoms with van der Waals surface area (Å²) in [7, 11) is 0. The molecular formula is C18H17N3O4. The van der Waals surface area contributed by atoms with Crippen LogP contribution >= 0.6 is 0 Å². The fraction of sp³-hybridized carbons (Fsp3) is 0.222. The first-order valence-corrected chi connectivity index (χ1v) is 7.87. The average Bonchev–Trinajstić information content (AvgIpc) is 2.68. The SMILES string of the molecule is O=Cc1cc(N=Nc2ccccc2)ccc1OC(=O)N1CCOCC1.